The van der Waals surface area contributed by atoms with Gasteiger partial charge in [0.1, 0.15) is 6.10 Å². The van der Waals surface area contributed by atoms with Crippen molar-refractivity contribution >= 4 is 5.91 Å². The first-order chi connectivity index (χ1) is 10.7. The van der Waals surface area contributed by atoms with E-state index in [1.165, 1.54) is 0 Å². The van der Waals surface area contributed by atoms with Crippen molar-refractivity contribution in [1.29, 1.82) is 0 Å². The highest BCUT2D eigenvalue weighted by Gasteiger charge is 2.33. The average molecular weight is 301 g/mol. The molecule has 6 nitrogen and oxygen atoms in total. The molecule has 0 saturated carbocycles. The maximum Gasteiger partial charge on any atom is 0.265 e. The Hall–Kier alpha value is -2.50. The van der Waals surface area contributed by atoms with E-state index in [0.29, 0.717) is 18.0 Å². The van der Waals surface area contributed by atoms with Crippen LogP contribution in [-0.4, -0.2) is 34.2 Å². The zero-order valence-corrected chi connectivity index (χ0v) is 12.4. The van der Waals surface area contributed by atoms with E-state index in [2.05, 4.69) is 10.3 Å². The third-order valence-electron chi connectivity index (χ3n) is 3.55. The first-order valence-electron chi connectivity index (χ1n) is 7.40. The molecule has 116 valence electrons. The van der Waals surface area contributed by atoms with Gasteiger partial charge in [-0.2, -0.15) is 0 Å². The van der Waals surface area contributed by atoms with Crippen LogP contribution in [0.4, 0.5) is 0 Å². The molecule has 1 N–H and O–H groups in total. The Balaban J connectivity index is 1.50. The van der Waals surface area contributed by atoms with Crippen molar-refractivity contribution in [2.24, 2.45) is 0 Å². The fourth-order valence-corrected chi connectivity index (χ4v) is 2.40. The van der Waals surface area contributed by atoms with Crippen LogP contribution >= 0.6 is 0 Å². The second-order valence-electron chi connectivity index (χ2n) is 5.25. The van der Waals surface area contributed by atoms with E-state index >= 15 is 0 Å². The molecule has 1 aromatic heterocycles. The van der Waals surface area contributed by atoms with E-state index < -0.39 is 6.10 Å². The number of aryl methyl sites for hydroxylation is 1. The molecule has 0 aliphatic carbocycles. The normalized spacial score (nSPS) is 19.7. The Kier molecular flexibility index (Phi) is 4.27. The Morgan fingerprint density at radius 3 is 2.82 bits per heavy atom. The fourth-order valence-electron chi connectivity index (χ4n) is 2.40. The molecular formula is C16H19N3O3. The van der Waals surface area contributed by atoms with E-state index in [4.69, 9.17) is 9.47 Å². The summed E-state index contributed by atoms with van der Waals surface area (Å²) in [6.07, 6.45) is 5.30. The summed E-state index contributed by atoms with van der Waals surface area (Å²) >= 11 is 0. The number of para-hydroxylation sites is 2. The third-order valence-corrected chi connectivity index (χ3v) is 3.55. The molecule has 3 rings (SSSR count). The number of hydrogen-bond donors (Lipinski definition) is 1. The van der Waals surface area contributed by atoms with Crippen LogP contribution in [0.3, 0.4) is 0 Å². The predicted octanol–water partition coefficient (Wildman–Crippen LogP) is 1.62. The smallest absolute Gasteiger partial charge is 0.265 e. The minimum absolute atomic E-state index is 0.146. The number of ether oxygens (including phenoxy) is 2. The van der Waals surface area contributed by atoms with Crippen molar-refractivity contribution in [2.45, 2.75) is 32.1 Å². The molecule has 1 aromatic carbocycles. The van der Waals surface area contributed by atoms with Gasteiger partial charge in [0, 0.05) is 25.5 Å². The second-order valence-corrected chi connectivity index (χ2v) is 5.25. The number of aromatic nitrogens is 2. The van der Waals surface area contributed by atoms with Crippen LogP contribution < -0.4 is 14.8 Å². The summed E-state index contributed by atoms with van der Waals surface area (Å²) in [6, 6.07) is 7.38. The van der Waals surface area contributed by atoms with Gasteiger partial charge in [-0.05, 0) is 25.5 Å². The molecule has 0 bridgehead atoms. The van der Waals surface area contributed by atoms with Crippen molar-refractivity contribution in [3.63, 3.8) is 0 Å². The van der Waals surface area contributed by atoms with Gasteiger partial charge in [0.15, 0.2) is 11.5 Å². The van der Waals surface area contributed by atoms with Crippen molar-refractivity contribution < 1.29 is 14.3 Å². The van der Waals surface area contributed by atoms with Gasteiger partial charge in [-0.25, -0.2) is 4.98 Å². The summed E-state index contributed by atoms with van der Waals surface area (Å²) in [6.45, 7) is 3.25. The highest BCUT2D eigenvalue weighted by atomic mass is 16.6. The standard InChI is InChI=1S/C16H19N3O3/c1-12-15(22-14-6-3-2-5-13(14)21-12)16(20)18-7-4-9-19-10-8-17-11-19/h2-3,5-6,8,10-12,15H,4,7,9H2,1H3,(H,18,20)/t12-,15+/m1/s1. The summed E-state index contributed by atoms with van der Waals surface area (Å²) in [5, 5.41) is 2.90. The molecule has 2 heterocycles. The summed E-state index contributed by atoms with van der Waals surface area (Å²) in [5.41, 5.74) is 0. The molecule has 22 heavy (non-hydrogen) atoms. The Morgan fingerprint density at radius 2 is 2.09 bits per heavy atom. The van der Waals surface area contributed by atoms with Crippen LogP contribution in [0.2, 0.25) is 0 Å². The number of carbonyl (C=O) groups excluding carboxylic acids is 1. The monoisotopic (exact) mass is 301 g/mol. The number of fused-ring (bicyclic) bond motifs is 1. The van der Waals surface area contributed by atoms with Gasteiger partial charge < -0.3 is 19.4 Å². The number of hydrogen-bond acceptors (Lipinski definition) is 4. The largest absolute Gasteiger partial charge is 0.482 e. The Morgan fingerprint density at radius 1 is 1.32 bits per heavy atom. The fraction of sp³-hybridized carbons (Fsp3) is 0.375. The Bertz CT molecular complexity index is 627. The van der Waals surface area contributed by atoms with Gasteiger partial charge in [0.25, 0.3) is 5.91 Å². The lowest BCUT2D eigenvalue weighted by Crippen LogP contribution is -2.49. The summed E-state index contributed by atoms with van der Waals surface area (Å²) in [7, 11) is 0. The molecule has 0 unspecified atom stereocenters. The number of imidazole rings is 1. The third kappa shape index (κ3) is 3.21. The highest BCUT2D eigenvalue weighted by molar-refractivity contribution is 5.82. The van der Waals surface area contributed by atoms with Crippen LogP contribution in [0, 0.1) is 0 Å². The lowest BCUT2D eigenvalue weighted by Gasteiger charge is -2.31. The van der Waals surface area contributed by atoms with Crippen molar-refractivity contribution in [3.05, 3.63) is 43.0 Å². The van der Waals surface area contributed by atoms with Gasteiger partial charge in [-0.3, -0.25) is 4.79 Å². The van der Waals surface area contributed by atoms with E-state index in [1.54, 1.807) is 18.6 Å². The first kappa shape index (κ1) is 14.4. The maximum absolute atomic E-state index is 12.2. The molecule has 6 heteroatoms. The number of benzene rings is 1. The van der Waals surface area contributed by atoms with Gasteiger partial charge in [-0.15, -0.1) is 0 Å². The number of nitrogens with zero attached hydrogens (tertiary/aromatic N) is 2. The highest BCUT2D eigenvalue weighted by Crippen LogP contribution is 2.33. The number of amides is 1. The van der Waals surface area contributed by atoms with Gasteiger partial charge >= 0.3 is 0 Å². The molecule has 0 saturated heterocycles. The summed E-state index contributed by atoms with van der Waals surface area (Å²) in [5.74, 6) is 1.14. The van der Waals surface area contributed by atoms with Gasteiger partial charge in [0.2, 0.25) is 6.10 Å². The number of carbonyl (C=O) groups is 1. The zero-order chi connectivity index (χ0) is 15.4. The Labute approximate surface area is 129 Å². The molecule has 0 spiro atoms. The lowest BCUT2D eigenvalue weighted by atomic mass is 10.1. The van der Waals surface area contributed by atoms with Crippen LogP contribution in [0.1, 0.15) is 13.3 Å². The van der Waals surface area contributed by atoms with Crippen LogP contribution in [-0.2, 0) is 11.3 Å². The van der Waals surface area contributed by atoms with Crippen LogP contribution in [0.15, 0.2) is 43.0 Å². The predicted molar refractivity (Wildman–Crippen MR) is 80.8 cm³/mol. The van der Waals surface area contributed by atoms with Crippen molar-refractivity contribution in [3.8, 4) is 11.5 Å². The van der Waals surface area contributed by atoms with Crippen LogP contribution in [0.25, 0.3) is 0 Å². The molecule has 1 amide bonds. The lowest BCUT2D eigenvalue weighted by molar-refractivity contribution is -0.133. The molecule has 2 aromatic rings. The van der Waals surface area contributed by atoms with E-state index in [1.807, 2.05) is 35.9 Å². The SMILES string of the molecule is C[C@H]1Oc2ccccc2O[C@@H]1C(=O)NCCCn1ccnc1. The van der Waals surface area contributed by atoms with Gasteiger partial charge in [-0.1, -0.05) is 12.1 Å². The summed E-state index contributed by atoms with van der Waals surface area (Å²) < 4.78 is 13.5. The summed E-state index contributed by atoms with van der Waals surface area (Å²) in [4.78, 5) is 16.2. The van der Waals surface area contributed by atoms with E-state index in [-0.39, 0.29) is 12.0 Å². The molecule has 0 fully saturated rings. The van der Waals surface area contributed by atoms with E-state index in [9.17, 15) is 4.79 Å². The molecule has 0 radical (unpaired) electrons. The topological polar surface area (TPSA) is 65.4 Å². The number of nitrogens with one attached hydrogen (secondary N) is 1. The second kappa shape index (κ2) is 6.51. The first-order valence-corrected chi connectivity index (χ1v) is 7.40. The van der Waals surface area contributed by atoms with Gasteiger partial charge in [0.05, 0.1) is 6.33 Å². The van der Waals surface area contributed by atoms with E-state index in [0.717, 1.165) is 13.0 Å². The molecule has 1 aliphatic heterocycles. The quantitative estimate of drug-likeness (QED) is 0.852. The zero-order valence-electron chi connectivity index (χ0n) is 12.4. The minimum atomic E-state index is -0.622. The number of rotatable bonds is 5. The van der Waals surface area contributed by atoms with Crippen molar-refractivity contribution in [1.82, 2.24) is 14.9 Å². The minimum Gasteiger partial charge on any atom is -0.482 e. The average Bonchev–Trinajstić information content (AvgIpc) is 3.04. The molecule has 2 atom stereocenters. The molecular weight excluding hydrogens is 282 g/mol. The maximum atomic E-state index is 12.2. The molecule has 1 aliphatic rings. The van der Waals surface area contributed by atoms with Crippen molar-refractivity contribution in [2.75, 3.05) is 6.54 Å². The van der Waals surface area contributed by atoms with Crippen LogP contribution in [0.5, 0.6) is 11.5 Å².